The fraction of sp³-hybridized carbons (Fsp3) is 0.350. The van der Waals surface area contributed by atoms with Crippen LogP contribution in [0.2, 0.25) is 0 Å². The number of ether oxygens (including phenoxy) is 1. The highest BCUT2D eigenvalue weighted by Crippen LogP contribution is 2.17. The molecule has 0 aromatic heterocycles. The van der Waals surface area contributed by atoms with Crippen molar-refractivity contribution in [3.05, 3.63) is 54.1 Å². The van der Waals surface area contributed by atoms with E-state index in [-0.39, 0.29) is 12.8 Å². The first-order valence-electron chi connectivity index (χ1n) is 9.31. The van der Waals surface area contributed by atoms with Gasteiger partial charge in [0.25, 0.3) is 0 Å². The van der Waals surface area contributed by atoms with Crippen molar-refractivity contribution in [3.8, 4) is 5.75 Å². The quantitative estimate of drug-likeness (QED) is 0.513. The van der Waals surface area contributed by atoms with Gasteiger partial charge in [-0.3, -0.25) is 0 Å². The zero-order chi connectivity index (χ0) is 21.3. The second-order valence-corrected chi connectivity index (χ2v) is 8.36. The highest BCUT2D eigenvalue weighted by molar-refractivity contribution is 7.88. The van der Waals surface area contributed by atoms with Gasteiger partial charge in [-0.25, -0.2) is 17.9 Å². The Labute approximate surface area is 172 Å². The summed E-state index contributed by atoms with van der Waals surface area (Å²) >= 11 is 0. The van der Waals surface area contributed by atoms with Crippen LogP contribution >= 0.6 is 0 Å². The van der Waals surface area contributed by atoms with Gasteiger partial charge in [0.1, 0.15) is 5.75 Å². The van der Waals surface area contributed by atoms with E-state index < -0.39 is 10.0 Å². The molecule has 158 valence electrons. The van der Waals surface area contributed by atoms with Gasteiger partial charge in [-0.1, -0.05) is 17.7 Å². The summed E-state index contributed by atoms with van der Waals surface area (Å²) in [6.07, 6.45) is 1.14. The molecule has 2 aromatic rings. The summed E-state index contributed by atoms with van der Waals surface area (Å²) in [7, 11) is -3.20. The van der Waals surface area contributed by atoms with Gasteiger partial charge in [-0.15, -0.1) is 0 Å². The summed E-state index contributed by atoms with van der Waals surface area (Å²) in [5.74, 6) is 0.685. The molecule has 0 aliphatic rings. The van der Waals surface area contributed by atoms with Crippen LogP contribution in [-0.4, -0.2) is 47.1 Å². The Morgan fingerprint density at radius 3 is 2.31 bits per heavy atom. The number of benzene rings is 2. The molecule has 2 aromatic carbocycles. The molecule has 0 saturated carbocycles. The lowest BCUT2D eigenvalue weighted by atomic mass is 10.2. The maximum atomic E-state index is 12.0. The summed E-state index contributed by atoms with van der Waals surface area (Å²) in [5, 5.41) is 5.38. The highest BCUT2D eigenvalue weighted by atomic mass is 32.2. The number of carbonyl (C=O) groups excluding carboxylic acids is 1. The van der Waals surface area contributed by atoms with Crippen LogP contribution in [0.4, 0.5) is 16.2 Å². The largest absolute Gasteiger partial charge is 0.473 e. The van der Waals surface area contributed by atoms with Gasteiger partial charge in [-0.05, 0) is 50.2 Å². The number of anilines is 2. The molecular formula is C20H28N4O4S. The van der Waals surface area contributed by atoms with E-state index in [1.165, 1.54) is 0 Å². The summed E-state index contributed by atoms with van der Waals surface area (Å²) in [6, 6.07) is 14.5. The van der Waals surface area contributed by atoms with Gasteiger partial charge in [0.15, 0.2) is 6.73 Å². The van der Waals surface area contributed by atoms with E-state index in [4.69, 9.17) is 4.74 Å². The first-order valence-corrected chi connectivity index (χ1v) is 11.2. The Hall–Kier alpha value is -2.78. The van der Waals surface area contributed by atoms with Crippen LogP contribution in [0.1, 0.15) is 12.5 Å². The predicted molar refractivity (Wildman–Crippen MR) is 116 cm³/mol. The molecule has 0 aliphatic heterocycles. The van der Waals surface area contributed by atoms with E-state index in [0.29, 0.717) is 24.5 Å². The first kappa shape index (κ1) is 22.5. The third-order valence-corrected chi connectivity index (χ3v) is 4.84. The van der Waals surface area contributed by atoms with E-state index in [2.05, 4.69) is 15.4 Å². The molecule has 0 atom stereocenters. The fourth-order valence-corrected chi connectivity index (χ4v) is 3.05. The Morgan fingerprint density at radius 1 is 1.07 bits per heavy atom. The smallest absolute Gasteiger partial charge is 0.321 e. The van der Waals surface area contributed by atoms with Gasteiger partial charge >= 0.3 is 6.03 Å². The Bertz CT molecular complexity index is 884. The second-order valence-electron chi connectivity index (χ2n) is 6.53. The number of urea groups is 1. The number of sulfonamides is 1. The van der Waals surface area contributed by atoms with Gasteiger partial charge in [-0.2, -0.15) is 0 Å². The van der Waals surface area contributed by atoms with Gasteiger partial charge in [0.2, 0.25) is 10.0 Å². The molecule has 2 rings (SSSR count). The fourth-order valence-electron chi connectivity index (χ4n) is 2.59. The molecule has 9 heteroatoms. The number of carbonyl (C=O) groups is 1. The predicted octanol–water partition coefficient (Wildman–Crippen LogP) is 2.53. The van der Waals surface area contributed by atoms with Gasteiger partial charge < -0.3 is 20.3 Å². The molecular weight excluding hydrogens is 392 g/mol. The first-order chi connectivity index (χ1) is 13.8. The molecule has 8 nitrogen and oxygen atoms in total. The van der Waals surface area contributed by atoms with Crippen molar-refractivity contribution in [2.45, 2.75) is 13.8 Å². The van der Waals surface area contributed by atoms with Crippen LogP contribution in [0, 0.1) is 6.92 Å². The zero-order valence-corrected chi connectivity index (χ0v) is 17.8. The topological polar surface area (TPSA) is 99.8 Å². The summed E-state index contributed by atoms with van der Waals surface area (Å²) < 4.78 is 30.3. The van der Waals surface area contributed by atoms with E-state index in [1.54, 1.807) is 12.1 Å². The number of nitrogens with zero attached hydrogens (tertiary/aromatic N) is 1. The molecule has 0 bridgehead atoms. The summed E-state index contributed by atoms with van der Waals surface area (Å²) in [5.41, 5.74) is 2.73. The lowest BCUT2D eigenvalue weighted by Crippen LogP contribution is -2.34. The van der Waals surface area contributed by atoms with E-state index in [9.17, 15) is 13.2 Å². The molecule has 0 spiro atoms. The Morgan fingerprint density at radius 2 is 1.72 bits per heavy atom. The highest BCUT2D eigenvalue weighted by Gasteiger charge is 2.07. The number of hydrogen-bond acceptors (Lipinski definition) is 5. The lowest BCUT2D eigenvalue weighted by molar-refractivity contribution is 0.234. The average molecular weight is 421 g/mol. The van der Waals surface area contributed by atoms with Crippen molar-refractivity contribution in [1.29, 1.82) is 0 Å². The minimum atomic E-state index is -3.20. The van der Waals surface area contributed by atoms with Crippen LogP contribution < -0.4 is 25.0 Å². The maximum Gasteiger partial charge on any atom is 0.321 e. The van der Waals surface area contributed by atoms with Crippen LogP contribution in [0.5, 0.6) is 5.75 Å². The third-order valence-electron chi connectivity index (χ3n) is 4.11. The molecule has 0 heterocycles. The molecule has 0 radical (unpaired) electrons. The summed E-state index contributed by atoms with van der Waals surface area (Å²) in [4.78, 5) is 14.0. The van der Waals surface area contributed by atoms with Crippen molar-refractivity contribution in [3.63, 3.8) is 0 Å². The molecule has 0 unspecified atom stereocenters. The monoisotopic (exact) mass is 420 g/mol. The van der Waals surface area contributed by atoms with Crippen molar-refractivity contribution in [1.82, 2.24) is 10.0 Å². The molecule has 3 N–H and O–H groups in total. The number of amides is 2. The van der Waals surface area contributed by atoms with Crippen molar-refractivity contribution in [2.24, 2.45) is 0 Å². The minimum absolute atomic E-state index is 0.0595. The van der Waals surface area contributed by atoms with Crippen molar-refractivity contribution < 1.29 is 17.9 Å². The van der Waals surface area contributed by atoms with Crippen LogP contribution in [0.25, 0.3) is 0 Å². The van der Waals surface area contributed by atoms with E-state index in [0.717, 1.165) is 24.1 Å². The summed E-state index contributed by atoms with van der Waals surface area (Å²) in [6.45, 7) is 5.66. The number of aryl methyl sites for hydroxylation is 1. The zero-order valence-electron chi connectivity index (χ0n) is 16.9. The lowest BCUT2D eigenvalue weighted by Gasteiger charge is -2.23. The van der Waals surface area contributed by atoms with Crippen molar-refractivity contribution >= 4 is 27.4 Å². The van der Waals surface area contributed by atoms with E-state index in [1.807, 2.05) is 55.1 Å². The van der Waals surface area contributed by atoms with E-state index >= 15 is 0 Å². The average Bonchev–Trinajstić information content (AvgIpc) is 2.67. The SMILES string of the molecule is CCN(CCNS(C)(=O)=O)c1ccc(NC(=O)NCOc2ccc(C)cc2)cc1. The maximum absolute atomic E-state index is 12.0. The number of hydrogen-bond donors (Lipinski definition) is 3. The minimum Gasteiger partial charge on any atom is -0.473 e. The third kappa shape index (κ3) is 8.41. The number of rotatable bonds is 10. The normalized spacial score (nSPS) is 11.0. The number of likely N-dealkylation sites (N-methyl/N-ethyl adjacent to an activating group) is 1. The Kier molecular flexibility index (Phi) is 8.29. The number of nitrogens with one attached hydrogen (secondary N) is 3. The second kappa shape index (κ2) is 10.7. The molecule has 2 amide bonds. The van der Waals surface area contributed by atoms with Gasteiger partial charge in [0.05, 0.1) is 6.26 Å². The molecule has 29 heavy (non-hydrogen) atoms. The van der Waals surface area contributed by atoms with Crippen LogP contribution in [-0.2, 0) is 10.0 Å². The van der Waals surface area contributed by atoms with Crippen molar-refractivity contribution in [2.75, 3.05) is 42.8 Å². The van der Waals surface area contributed by atoms with Gasteiger partial charge in [0, 0.05) is 31.0 Å². The molecule has 0 aliphatic carbocycles. The van der Waals surface area contributed by atoms with Crippen LogP contribution in [0.3, 0.4) is 0 Å². The van der Waals surface area contributed by atoms with Crippen LogP contribution in [0.15, 0.2) is 48.5 Å². The molecule has 0 fully saturated rings. The standard InChI is InChI=1S/C20H28N4O4S/c1-4-24(14-13-22-29(3,26)27)18-9-7-17(8-10-18)23-20(25)21-15-28-19-11-5-16(2)6-12-19/h5-12,22H,4,13-15H2,1-3H3,(H2,21,23,25). The Balaban J connectivity index is 1.79. The molecule has 0 saturated heterocycles.